The molecular formula is C7H13N3O2S. The van der Waals surface area contributed by atoms with Gasteiger partial charge in [-0.2, -0.15) is 0 Å². The van der Waals surface area contributed by atoms with E-state index in [0.717, 1.165) is 25.3 Å². The fourth-order valence-electron chi connectivity index (χ4n) is 1.00. The van der Waals surface area contributed by atoms with Gasteiger partial charge in [0, 0.05) is 18.8 Å². The first-order valence-electron chi connectivity index (χ1n) is 4.25. The summed E-state index contributed by atoms with van der Waals surface area (Å²) in [6.45, 7) is 3.53. The topological polar surface area (TPSA) is 67.2 Å². The van der Waals surface area contributed by atoms with E-state index in [1.165, 1.54) is 11.8 Å². The van der Waals surface area contributed by atoms with Crippen LogP contribution in [0.5, 0.6) is 0 Å². The average molecular weight is 203 g/mol. The van der Waals surface area contributed by atoms with E-state index in [2.05, 4.69) is 10.6 Å². The van der Waals surface area contributed by atoms with Gasteiger partial charge in [-0.3, -0.25) is 10.1 Å². The van der Waals surface area contributed by atoms with Crippen LogP contribution in [-0.4, -0.2) is 23.8 Å². The van der Waals surface area contributed by atoms with Crippen molar-refractivity contribution in [3.05, 3.63) is 21.0 Å². The summed E-state index contributed by atoms with van der Waals surface area (Å²) in [6, 6.07) is 0. The lowest BCUT2D eigenvalue weighted by Gasteiger charge is -2.01. The van der Waals surface area contributed by atoms with Crippen molar-refractivity contribution < 1.29 is 4.92 Å². The zero-order chi connectivity index (χ0) is 9.68. The summed E-state index contributed by atoms with van der Waals surface area (Å²) in [7, 11) is 0. The lowest BCUT2D eigenvalue weighted by Crippen LogP contribution is -2.16. The lowest BCUT2D eigenvalue weighted by atomic mass is 10.6. The Bertz CT molecular complexity index is 222. The highest BCUT2D eigenvalue weighted by Gasteiger charge is 2.21. The number of thioether (sulfide) groups is 1. The van der Waals surface area contributed by atoms with Gasteiger partial charge >= 0.3 is 5.03 Å². The van der Waals surface area contributed by atoms with Crippen LogP contribution in [0.3, 0.4) is 0 Å². The Kier molecular flexibility index (Phi) is 3.88. The molecule has 0 saturated carbocycles. The Hall–Kier alpha value is -0.910. The Morgan fingerprint density at radius 3 is 2.69 bits per heavy atom. The highest BCUT2D eigenvalue weighted by molar-refractivity contribution is 8.02. The molecule has 0 aromatic carbocycles. The molecule has 1 heterocycles. The minimum absolute atomic E-state index is 0.208. The minimum atomic E-state index is -0.332. The summed E-state index contributed by atoms with van der Waals surface area (Å²) in [5.41, 5.74) is 0. The Labute approximate surface area is 81.1 Å². The molecule has 0 spiro atoms. The first-order valence-corrected chi connectivity index (χ1v) is 5.23. The van der Waals surface area contributed by atoms with Crippen LogP contribution in [0.15, 0.2) is 10.9 Å². The molecule has 0 bridgehead atoms. The van der Waals surface area contributed by atoms with Crippen molar-refractivity contribution >= 4 is 11.8 Å². The molecule has 0 aromatic rings. The standard InChI is InChI=1S/C7H13N3O2S/c1-2-5-13-7(10(11)12)6-8-3-4-9-6/h8-9H,2-5H2,1H3. The largest absolute Gasteiger partial charge is 0.364 e. The van der Waals surface area contributed by atoms with E-state index in [9.17, 15) is 10.1 Å². The van der Waals surface area contributed by atoms with Gasteiger partial charge in [-0.25, -0.2) is 0 Å². The van der Waals surface area contributed by atoms with Gasteiger partial charge in [0.05, 0.1) is 4.92 Å². The zero-order valence-corrected chi connectivity index (χ0v) is 8.32. The average Bonchev–Trinajstić information content (AvgIpc) is 2.57. The van der Waals surface area contributed by atoms with E-state index in [4.69, 9.17) is 0 Å². The summed E-state index contributed by atoms with van der Waals surface area (Å²) in [5.74, 6) is 1.35. The molecule has 2 N–H and O–H groups in total. The second kappa shape index (κ2) is 4.96. The van der Waals surface area contributed by atoms with Crippen molar-refractivity contribution in [1.82, 2.24) is 10.6 Å². The molecule has 0 atom stereocenters. The molecular weight excluding hydrogens is 190 g/mol. The molecule has 74 valence electrons. The number of nitrogens with one attached hydrogen (secondary N) is 2. The van der Waals surface area contributed by atoms with E-state index < -0.39 is 0 Å². The van der Waals surface area contributed by atoms with Gasteiger partial charge in [-0.1, -0.05) is 6.92 Å². The molecule has 5 nitrogen and oxygen atoms in total. The lowest BCUT2D eigenvalue weighted by molar-refractivity contribution is -0.412. The third kappa shape index (κ3) is 2.80. The molecule has 0 unspecified atom stereocenters. The molecule has 13 heavy (non-hydrogen) atoms. The van der Waals surface area contributed by atoms with Crippen LogP contribution in [0.25, 0.3) is 0 Å². The first kappa shape index (κ1) is 10.2. The smallest absolute Gasteiger partial charge is 0.342 e. The normalized spacial score (nSPS) is 15.0. The van der Waals surface area contributed by atoms with Gasteiger partial charge in [-0.05, 0) is 18.2 Å². The predicted molar refractivity (Wildman–Crippen MR) is 52.8 cm³/mol. The van der Waals surface area contributed by atoms with Crippen molar-refractivity contribution in [2.45, 2.75) is 13.3 Å². The molecule has 6 heteroatoms. The number of nitrogens with zero attached hydrogens (tertiary/aromatic N) is 1. The van der Waals surface area contributed by atoms with E-state index in [0.29, 0.717) is 5.82 Å². The molecule has 1 aliphatic rings. The van der Waals surface area contributed by atoms with Gasteiger partial charge in [-0.15, -0.1) is 0 Å². The van der Waals surface area contributed by atoms with Crippen molar-refractivity contribution in [1.29, 1.82) is 0 Å². The molecule has 1 rings (SSSR count). The minimum Gasteiger partial charge on any atom is -0.364 e. The zero-order valence-electron chi connectivity index (χ0n) is 7.50. The summed E-state index contributed by atoms with van der Waals surface area (Å²) in [4.78, 5) is 10.3. The Morgan fingerprint density at radius 2 is 2.23 bits per heavy atom. The molecule has 0 aromatic heterocycles. The molecule has 1 saturated heterocycles. The predicted octanol–water partition coefficient (Wildman–Crippen LogP) is 0.726. The van der Waals surface area contributed by atoms with E-state index in [1.807, 2.05) is 6.92 Å². The quantitative estimate of drug-likeness (QED) is 0.520. The number of hydrogen-bond donors (Lipinski definition) is 2. The maximum atomic E-state index is 10.6. The fraction of sp³-hybridized carbons (Fsp3) is 0.714. The van der Waals surface area contributed by atoms with Gasteiger partial charge in [0.15, 0.2) is 5.82 Å². The molecule has 0 radical (unpaired) electrons. The molecule has 0 aliphatic carbocycles. The van der Waals surface area contributed by atoms with Crippen LogP contribution in [0.2, 0.25) is 0 Å². The van der Waals surface area contributed by atoms with Gasteiger partial charge in [0.2, 0.25) is 0 Å². The van der Waals surface area contributed by atoms with Gasteiger partial charge in [0.25, 0.3) is 0 Å². The number of nitro groups is 1. The summed E-state index contributed by atoms with van der Waals surface area (Å²) < 4.78 is 0. The van der Waals surface area contributed by atoms with E-state index >= 15 is 0 Å². The number of hydrogen-bond acceptors (Lipinski definition) is 5. The van der Waals surface area contributed by atoms with Crippen LogP contribution in [0.4, 0.5) is 0 Å². The maximum Gasteiger partial charge on any atom is 0.342 e. The van der Waals surface area contributed by atoms with Gasteiger partial charge in [0.1, 0.15) is 0 Å². The monoisotopic (exact) mass is 203 g/mol. The fourth-order valence-corrected chi connectivity index (χ4v) is 1.80. The molecule has 1 aliphatic heterocycles. The SMILES string of the molecule is CCCSC(=C1NCCN1)[N+](=O)[O-]. The van der Waals surface area contributed by atoms with Gasteiger partial charge < -0.3 is 10.6 Å². The Morgan fingerprint density at radius 1 is 1.62 bits per heavy atom. The van der Waals surface area contributed by atoms with Crippen LogP contribution in [-0.2, 0) is 0 Å². The number of rotatable bonds is 4. The first-order chi connectivity index (χ1) is 6.25. The Balaban J connectivity index is 2.65. The third-order valence-electron chi connectivity index (χ3n) is 1.55. The third-order valence-corrected chi connectivity index (χ3v) is 2.79. The molecule has 1 fully saturated rings. The van der Waals surface area contributed by atoms with Crippen LogP contribution >= 0.6 is 11.8 Å². The second-order valence-electron chi connectivity index (χ2n) is 2.64. The summed E-state index contributed by atoms with van der Waals surface area (Å²) in [6.07, 6.45) is 0.940. The van der Waals surface area contributed by atoms with Crippen LogP contribution < -0.4 is 10.6 Å². The summed E-state index contributed by atoms with van der Waals surface area (Å²) >= 11 is 1.28. The summed E-state index contributed by atoms with van der Waals surface area (Å²) in [5, 5.41) is 16.8. The van der Waals surface area contributed by atoms with Crippen molar-refractivity contribution in [3.8, 4) is 0 Å². The highest BCUT2D eigenvalue weighted by atomic mass is 32.2. The van der Waals surface area contributed by atoms with Crippen molar-refractivity contribution in [2.75, 3.05) is 18.8 Å². The van der Waals surface area contributed by atoms with E-state index in [1.54, 1.807) is 0 Å². The molecule has 0 amide bonds. The van der Waals surface area contributed by atoms with Crippen LogP contribution in [0, 0.1) is 10.1 Å². The van der Waals surface area contributed by atoms with Crippen molar-refractivity contribution in [2.24, 2.45) is 0 Å². The maximum absolute atomic E-state index is 10.6. The highest BCUT2D eigenvalue weighted by Crippen LogP contribution is 2.19. The van der Waals surface area contributed by atoms with Crippen molar-refractivity contribution in [3.63, 3.8) is 0 Å². The van der Waals surface area contributed by atoms with E-state index in [-0.39, 0.29) is 9.95 Å². The second-order valence-corrected chi connectivity index (χ2v) is 3.72. The van der Waals surface area contributed by atoms with Crippen LogP contribution in [0.1, 0.15) is 13.3 Å².